The number of benzene rings is 1. The summed E-state index contributed by atoms with van der Waals surface area (Å²) in [5.74, 6) is -0.435. The lowest BCUT2D eigenvalue weighted by Crippen LogP contribution is -2.18. The van der Waals surface area contributed by atoms with Gasteiger partial charge in [-0.15, -0.1) is 0 Å². The van der Waals surface area contributed by atoms with E-state index in [9.17, 15) is 14.9 Å². The van der Waals surface area contributed by atoms with E-state index in [1.54, 1.807) is 47.0 Å². The van der Waals surface area contributed by atoms with Crippen molar-refractivity contribution in [2.45, 2.75) is 13.5 Å². The Morgan fingerprint density at radius 3 is 2.67 bits per heavy atom. The zero-order valence-electron chi connectivity index (χ0n) is 14.7. The molecule has 2 aromatic heterocycles. The number of nitro groups is 1. The van der Waals surface area contributed by atoms with E-state index in [1.807, 2.05) is 6.92 Å². The number of amides is 1. The molecule has 10 heteroatoms. The molecule has 0 bridgehead atoms. The molecule has 0 aliphatic heterocycles. The summed E-state index contributed by atoms with van der Waals surface area (Å²) < 4.78 is 3.24. The van der Waals surface area contributed by atoms with Crippen LogP contribution in [-0.4, -0.2) is 36.6 Å². The molecule has 0 aliphatic carbocycles. The minimum absolute atomic E-state index is 0.0287. The highest BCUT2D eigenvalue weighted by Crippen LogP contribution is 2.12. The number of hydrogen-bond donors (Lipinski definition) is 1. The Balaban J connectivity index is 1.60. The lowest BCUT2D eigenvalue weighted by Gasteiger charge is -2.01. The number of rotatable bonds is 6. The molecule has 0 spiro atoms. The fourth-order valence-corrected chi connectivity index (χ4v) is 2.44. The van der Waals surface area contributed by atoms with Gasteiger partial charge < -0.3 is 0 Å². The molecule has 2 heterocycles. The number of nitrogens with zero attached hydrogens (tertiary/aromatic N) is 6. The molecule has 138 valence electrons. The van der Waals surface area contributed by atoms with Crippen LogP contribution in [0.2, 0.25) is 0 Å². The number of non-ortho nitro benzene ring substituents is 1. The Morgan fingerprint density at radius 2 is 2.04 bits per heavy atom. The lowest BCUT2D eigenvalue weighted by atomic mass is 10.2. The molecular weight excluding hydrogens is 350 g/mol. The molecule has 0 atom stereocenters. The van der Waals surface area contributed by atoms with Gasteiger partial charge >= 0.3 is 0 Å². The maximum Gasteiger partial charge on any atom is 0.291 e. The van der Waals surface area contributed by atoms with Crippen molar-refractivity contribution in [3.8, 4) is 0 Å². The summed E-state index contributed by atoms with van der Waals surface area (Å²) in [6.45, 7) is 2.24. The fourth-order valence-electron chi connectivity index (χ4n) is 2.44. The number of nitrogens with one attached hydrogen (secondary N) is 1. The summed E-state index contributed by atoms with van der Waals surface area (Å²) in [5, 5.41) is 23.0. The molecule has 0 saturated heterocycles. The van der Waals surface area contributed by atoms with E-state index in [-0.39, 0.29) is 11.4 Å². The summed E-state index contributed by atoms with van der Waals surface area (Å²) in [6, 6.07) is 7.74. The smallest absolute Gasteiger partial charge is 0.275 e. The Bertz CT molecular complexity index is 1000. The number of aryl methyl sites for hydroxylation is 2. The second kappa shape index (κ2) is 7.60. The first-order valence-electron chi connectivity index (χ1n) is 8.03. The van der Waals surface area contributed by atoms with Crippen molar-refractivity contribution in [2.24, 2.45) is 12.1 Å². The molecule has 0 fully saturated rings. The van der Waals surface area contributed by atoms with E-state index in [1.165, 1.54) is 18.3 Å². The normalized spacial score (nSPS) is 11.0. The van der Waals surface area contributed by atoms with Crippen LogP contribution < -0.4 is 5.43 Å². The molecule has 1 amide bonds. The summed E-state index contributed by atoms with van der Waals surface area (Å²) >= 11 is 0. The average molecular weight is 367 g/mol. The predicted octanol–water partition coefficient (Wildman–Crippen LogP) is 1.65. The zero-order valence-corrected chi connectivity index (χ0v) is 14.7. The molecule has 0 saturated carbocycles. The number of nitro benzene ring substituents is 1. The van der Waals surface area contributed by atoms with Crippen molar-refractivity contribution in [1.29, 1.82) is 0 Å². The third-order valence-electron chi connectivity index (χ3n) is 3.79. The lowest BCUT2D eigenvalue weighted by molar-refractivity contribution is -0.384. The molecule has 3 aromatic rings. The standard InChI is InChI=1S/C17H17N7O3/c1-12-14(11-22(2)20-12)9-18-19-17(25)16-7-8-23(21-16)10-13-3-5-15(6-4-13)24(26)27/h3-9,11H,10H2,1-2H3,(H,19,25)/b18-9+. The van der Waals surface area contributed by atoms with E-state index >= 15 is 0 Å². The van der Waals surface area contributed by atoms with Gasteiger partial charge in [-0.2, -0.15) is 15.3 Å². The molecule has 0 unspecified atom stereocenters. The summed E-state index contributed by atoms with van der Waals surface area (Å²) in [4.78, 5) is 22.3. The van der Waals surface area contributed by atoms with Gasteiger partial charge in [0.1, 0.15) is 0 Å². The van der Waals surface area contributed by atoms with Gasteiger partial charge in [-0.1, -0.05) is 12.1 Å². The van der Waals surface area contributed by atoms with Crippen LogP contribution in [0.25, 0.3) is 0 Å². The Kier molecular flexibility index (Phi) is 5.06. The van der Waals surface area contributed by atoms with Crippen molar-refractivity contribution in [3.63, 3.8) is 0 Å². The highest BCUT2D eigenvalue weighted by molar-refractivity contribution is 5.93. The predicted molar refractivity (Wildman–Crippen MR) is 97.4 cm³/mol. The van der Waals surface area contributed by atoms with Crippen LogP contribution in [0.15, 0.2) is 47.8 Å². The second-order valence-corrected chi connectivity index (χ2v) is 5.86. The van der Waals surface area contributed by atoms with Gasteiger partial charge in [-0.3, -0.25) is 24.3 Å². The van der Waals surface area contributed by atoms with Crippen molar-refractivity contribution in [3.05, 3.63) is 75.4 Å². The summed E-state index contributed by atoms with van der Waals surface area (Å²) in [5.41, 5.74) is 5.12. The first kappa shape index (κ1) is 18.0. The van der Waals surface area contributed by atoms with Crippen molar-refractivity contribution < 1.29 is 9.72 Å². The SMILES string of the molecule is Cc1nn(C)cc1/C=N/NC(=O)c1ccn(Cc2ccc([N+](=O)[O-])cc2)n1. The Morgan fingerprint density at radius 1 is 1.30 bits per heavy atom. The average Bonchev–Trinajstić information content (AvgIpc) is 3.21. The second-order valence-electron chi connectivity index (χ2n) is 5.86. The van der Waals surface area contributed by atoms with Crippen LogP contribution >= 0.6 is 0 Å². The fraction of sp³-hybridized carbons (Fsp3) is 0.176. The van der Waals surface area contributed by atoms with Crippen LogP contribution in [-0.2, 0) is 13.6 Å². The highest BCUT2D eigenvalue weighted by atomic mass is 16.6. The van der Waals surface area contributed by atoms with Crippen LogP contribution in [0.4, 0.5) is 5.69 Å². The molecule has 0 aliphatic rings. The van der Waals surface area contributed by atoms with E-state index in [4.69, 9.17) is 0 Å². The van der Waals surface area contributed by atoms with Crippen LogP contribution in [0.3, 0.4) is 0 Å². The molecule has 10 nitrogen and oxygen atoms in total. The maximum atomic E-state index is 12.1. The minimum atomic E-state index is -0.451. The van der Waals surface area contributed by atoms with Crippen molar-refractivity contribution in [2.75, 3.05) is 0 Å². The van der Waals surface area contributed by atoms with Crippen molar-refractivity contribution >= 4 is 17.8 Å². The zero-order chi connectivity index (χ0) is 19.4. The van der Waals surface area contributed by atoms with E-state index < -0.39 is 10.8 Å². The van der Waals surface area contributed by atoms with E-state index in [2.05, 4.69) is 20.7 Å². The van der Waals surface area contributed by atoms with Gasteiger partial charge in [-0.25, -0.2) is 5.43 Å². The molecule has 1 N–H and O–H groups in total. The number of carbonyl (C=O) groups is 1. The van der Waals surface area contributed by atoms with E-state index in [0.717, 1.165) is 16.8 Å². The molecule has 3 rings (SSSR count). The number of carbonyl (C=O) groups excluding carboxylic acids is 1. The molecule has 1 aromatic carbocycles. The molecule has 27 heavy (non-hydrogen) atoms. The van der Waals surface area contributed by atoms with Gasteiger partial charge in [0.25, 0.3) is 11.6 Å². The quantitative estimate of drug-likeness (QED) is 0.403. The van der Waals surface area contributed by atoms with Crippen LogP contribution in [0.1, 0.15) is 27.3 Å². The topological polar surface area (TPSA) is 120 Å². The maximum absolute atomic E-state index is 12.1. The minimum Gasteiger partial charge on any atom is -0.275 e. The Hall–Kier alpha value is -3.82. The summed E-state index contributed by atoms with van der Waals surface area (Å²) in [7, 11) is 1.81. The van der Waals surface area contributed by atoms with Crippen LogP contribution in [0, 0.1) is 17.0 Å². The first-order valence-corrected chi connectivity index (χ1v) is 8.03. The monoisotopic (exact) mass is 367 g/mol. The van der Waals surface area contributed by atoms with Gasteiger partial charge in [0.2, 0.25) is 0 Å². The van der Waals surface area contributed by atoms with Gasteiger partial charge in [0.15, 0.2) is 5.69 Å². The molecular formula is C17H17N7O3. The largest absolute Gasteiger partial charge is 0.291 e. The van der Waals surface area contributed by atoms with Gasteiger partial charge in [-0.05, 0) is 18.6 Å². The first-order chi connectivity index (χ1) is 12.9. The Labute approximate surface area is 154 Å². The van der Waals surface area contributed by atoms with Crippen molar-refractivity contribution in [1.82, 2.24) is 25.0 Å². The van der Waals surface area contributed by atoms with Gasteiger partial charge in [0.05, 0.1) is 23.4 Å². The number of hydrazone groups is 1. The van der Waals surface area contributed by atoms with Crippen LogP contribution in [0.5, 0.6) is 0 Å². The summed E-state index contributed by atoms with van der Waals surface area (Å²) in [6.07, 6.45) is 4.98. The van der Waals surface area contributed by atoms with Gasteiger partial charge in [0, 0.05) is 37.1 Å². The number of hydrogen-bond acceptors (Lipinski definition) is 6. The number of aromatic nitrogens is 4. The molecule has 0 radical (unpaired) electrons. The highest BCUT2D eigenvalue weighted by Gasteiger charge is 2.10. The third kappa shape index (κ3) is 4.42. The third-order valence-corrected chi connectivity index (χ3v) is 3.79. The van der Waals surface area contributed by atoms with E-state index in [0.29, 0.717) is 6.54 Å².